The van der Waals surface area contributed by atoms with Crippen LogP contribution in [0.25, 0.3) is 0 Å². The molecule has 1 aliphatic rings. The van der Waals surface area contributed by atoms with Crippen molar-refractivity contribution in [2.75, 3.05) is 16.8 Å². The van der Waals surface area contributed by atoms with Gasteiger partial charge >= 0.3 is 5.97 Å². The summed E-state index contributed by atoms with van der Waals surface area (Å²) in [6.45, 7) is 0. The number of anilines is 1. The van der Waals surface area contributed by atoms with Gasteiger partial charge in [-0.2, -0.15) is 0 Å². The molecule has 0 unspecified atom stereocenters. The molecule has 7 nitrogen and oxygen atoms in total. The van der Waals surface area contributed by atoms with Crippen molar-refractivity contribution < 1.29 is 28.4 Å². The number of carbonyl (C=O) groups excluding carboxylic acids is 4. The Hall–Kier alpha value is -3.20. The standard InChI is InChI=1S/C18H13FN2O5S/c19-13-7-3-4-8-14(13)20-15(22)9-27-10-16(23)26-21-17(24)11-5-1-2-6-12(11)18(21)25/h1-8H,9-10H2,(H,20,22). The minimum absolute atomic E-state index is 0.0386. The topological polar surface area (TPSA) is 92.8 Å². The first-order chi connectivity index (χ1) is 13.0. The summed E-state index contributed by atoms with van der Waals surface area (Å²) < 4.78 is 13.4. The highest BCUT2D eigenvalue weighted by Crippen LogP contribution is 2.23. The van der Waals surface area contributed by atoms with Crippen LogP contribution < -0.4 is 5.32 Å². The number of benzene rings is 2. The monoisotopic (exact) mass is 388 g/mol. The van der Waals surface area contributed by atoms with E-state index < -0.39 is 29.5 Å². The van der Waals surface area contributed by atoms with Gasteiger partial charge in [0.25, 0.3) is 11.8 Å². The Morgan fingerprint density at radius 2 is 1.56 bits per heavy atom. The summed E-state index contributed by atoms with van der Waals surface area (Å²) in [5, 5.41) is 2.79. The highest BCUT2D eigenvalue weighted by molar-refractivity contribution is 8.00. The van der Waals surface area contributed by atoms with E-state index in [1.165, 1.54) is 30.3 Å². The van der Waals surface area contributed by atoms with Crippen LogP contribution in [-0.2, 0) is 14.4 Å². The van der Waals surface area contributed by atoms with Gasteiger partial charge in [0, 0.05) is 0 Å². The molecule has 0 saturated carbocycles. The number of thioether (sulfide) groups is 1. The molecule has 0 aliphatic carbocycles. The number of amides is 3. The van der Waals surface area contributed by atoms with E-state index >= 15 is 0 Å². The molecule has 0 fully saturated rings. The van der Waals surface area contributed by atoms with Gasteiger partial charge < -0.3 is 10.2 Å². The third-order valence-corrected chi connectivity index (χ3v) is 4.46. The molecule has 0 radical (unpaired) electrons. The number of halogens is 1. The summed E-state index contributed by atoms with van der Waals surface area (Å²) in [4.78, 5) is 52.6. The first-order valence-electron chi connectivity index (χ1n) is 7.78. The van der Waals surface area contributed by atoms with Gasteiger partial charge in [-0.25, -0.2) is 9.18 Å². The van der Waals surface area contributed by atoms with Crippen molar-refractivity contribution >= 4 is 41.1 Å². The lowest BCUT2D eigenvalue weighted by Crippen LogP contribution is -2.33. The maximum absolute atomic E-state index is 13.4. The fourth-order valence-corrected chi connectivity index (χ4v) is 2.93. The van der Waals surface area contributed by atoms with Gasteiger partial charge in [0.1, 0.15) is 5.82 Å². The molecule has 0 bridgehead atoms. The lowest BCUT2D eigenvalue weighted by Gasteiger charge is -2.12. The minimum Gasteiger partial charge on any atom is -0.329 e. The SMILES string of the molecule is O=C(CSCC(=O)ON1C(=O)c2ccccc2C1=O)Nc1ccccc1F. The number of hydrogen-bond donors (Lipinski definition) is 1. The second-order valence-corrected chi connectivity index (χ2v) is 6.42. The number of fused-ring (bicyclic) bond motifs is 1. The van der Waals surface area contributed by atoms with Crippen molar-refractivity contribution in [2.45, 2.75) is 0 Å². The fraction of sp³-hybridized carbons (Fsp3) is 0.111. The molecule has 2 aromatic carbocycles. The summed E-state index contributed by atoms with van der Waals surface area (Å²) >= 11 is 0.906. The van der Waals surface area contributed by atoms with Crippen molar-refractivity contribution in [3.05, 3.63) is 65.5 Å². The number of hydroxylamine groups is 2. The van der Waals surface area contributed by atoms with Crippen LogP contribution in [0.3, 0.4) is 0 Å². The Morgan fingerprint density at radius 3 is 2.19 bits per heavy atom. The normalized spacial score (nSPS) is 12.7. The molecule has 138 valence electrons. The van der Waals surface area contributed by atoms with Gasteiger partial charge in [-0.3, -0.25) is 14.4 Å². The third kappa shape index (κ3) is 4.14. The molecule has 3 rings (SSSR count). The molecule has 2 aromatic rings. The van der Waals surface area contributed by atoms with E-state index in [9.17, 15) is 23.6 Å². The average molecular weight is 388 g/mol. The van der Waals surface area contributed by atoms with Crippen LogP contribution >= 0.6 is 11.8 Å². The molecule has 0 saturated heterocycles. The van der Waals surface area contributed by atoms with E-state index in [2.05, 4.69) is 5.32 Å². The van der Waals surface area contributed by atoms with Crippen LogP contribution in [0.5, 0.6) is 0 Å². The summed E-state index contributed by atoms with van der Waals surface area (Å²) in [5.74, 6) is -3.76. The van der Waals surface area contributed by atoms with Gasteiger partial charge in [-0.05, 0) is 24.3 Å². The van der Waals surface area contributed by atoms with Crippen LogP contribution in [0.4, 0.5) is 10.1 Å². The van der Waals surface area contributed by atoms with E-state index in [4.69, 9.17) is 4.84 Å². The molecule has 1 aliphatic heterocycles. The first kappa shape index (κ1) is 18.6. The second-order valence-electron chi connectivity index (χ2n) is 5.43. The number of nitrogens with zero attached hydrogens (tertiary/aromatic N) is 1. The predicted octanol–water partition coefficient (Wildman–Crippen LogP) is 2.25. The van der Waals surface area contributed by atoms with E-state index in [0.29, 0.717) is 5.06 Å². The zero-order valence-electron chi connectivity index (χ0n) is 13.8. The highest BCUT2D eigenvalue weighted by Gasteiger charge is 2.38. The number of hydrogen-bond acceptors (Lipinski definition) is 6. The molecule has 0 aromatic heterocycles. The number of carbonyl (C=O) groups is 4. The van der Waals surface area contributed by atoms with E-state index in [1.54, 1.807) is 18.2 Å². The van der Waals surface area contributed by atoms with Crippen LogP contribution in [0, 0.1) is 5.82 Å². The van der Waals surface area contributed by atoms with Crippen molar-refractivity contribution in [1.82, 2.24) is 5.06 Å². The van der Waals surface area contributed by atoms with E-state index in [-0.39, 0.29) is 28.3 Å². The molecular formula is C18H13FN2O5S. The number of rotatable bonds is 6. The zero-order chi connectivity index (χ0) is 19.4. The summed E-state index contributed by atoms with van der Waals surface area (Å²) in [6.07, 6.45) is 0. The summed E-state index contributed by atoms with van der Waals surface area (Å²) in [5.41, 5.74) is 0.358. The third-order valence-electron chi connectivity index (χ3n) is 3.55. The smallest absolute Gasteiger partial charge is 0.329 e. The van der Waals surface area contributed by atoms with Gasteiger partial charge in [-0.1, -0.05) is 29.3 Å². The Bertz CT molecular complexity index is 898. The van der Waals surface area contributed by atoms with Crippen LogP contribution in [0.1, 0.15) is 20.7 Å². The summed E-state index contributed by atoms with van der Waals surface area (Å²) in [7, 11) is 0. The molecule has 9 heteroatoms. The Balaban J connectivity index is 1.47. The van der Waals surface area contributed by atoms with Gasteiger partial charge in [0.2, 0.25) is 5.91 Å². The summed E-state index contributed by atoms with van der Waals surface area (Å²) in [6, 6.07) is 11.8. The molecule has 0 spiro atoms. The molecule has 1 heterocycles. The zero-order valence-corrected chi connectivity index (χ0v) is 14.6. The highest BCUT2D eigenvalue weighted by atomic mass is 32.2. The number of nitrogens with one attached hydrogen (secondary N) is 1. The largest absolute Gasteiger partial charge is 0.343 e. The average Bonchev–Trinajstić information content (AvgIpc) is 2.89. The maximum Gasteiger partial charge on any atom is 0.343 e. The predicted molar refractivity (Wildman–Crippen MR) is 95.4 cm³/mol. The van der Waals surface area contributed by atoms with Crippen LogP contribution in [0.15, 0.2) is 48.5 Å². The fourth-order valence-electron chi connectivity index (χ4n) is 2.35. The van der Waals surface area contributed by atoms with Crippen LogP contribution in [0.2, 0.25) is 0 Å². The Morgan fingerprint density at radius 1 is 0.963 bits per heavy atom. The Kier molecular flexibility index (Phi) is 5.51. The lowest BCUT2D eigenvalue weighted by atomic mass is 10.1. The number of imide groups is 1. The first-order valence-corrected chi connectivity index (χ1v) is 8.93. The van der Waals surface area contributed by atoms with Crippen molar-refractivity contribution in [2.24, 2.45) is 0 Å². The quantitative estimate of drug-likeness (QED) is 0.763. The van der Waals surface area contributed by atoms with Crippen molar-refractivity contribution in [1.29, 1.82) is 0 Å². The second kappa shape index (κ2) is 8.00. The molecule has 3 amide bonds. The van der Waals surface area contributed by atoms with Crippen molar-refractivity contribution in [3.63, 3.8) is 0 Å². The lowest BCUT2D eigenvalue weighted by molar-refractivity contribution is -0.165. The molecule has 1 N–H and O–H groups in total. The van der Waals surface area contributed by atoms with Gasteiger partial charge in [0.15, 0.2) is 0 Å². The molecule has 27 heavy (non-hydrogen) atoms. The van der Waals surface area contributed by atoms with E-state index in [1.807, 2.05) is 0 Å². The van der Waals surface area contributed by atoms with Crippen LogP contribution in [-0.4, -0.2) is 40.3 Å². The van der Waals surface area contributed by atoms with Gasteiger partial charge in [-0.15, -0.1) is 11.8 Å². The Labute approximate surface area is 157 Å². The van der Waals surface area contributed by atoms with Gasteiger partial charge in [0.05, 0.1) is 28.3 Å². The van der Waals surface area contributed by atoms with Crippen molar-refractivity contribution in [3.8, 4) is 0 Å². The number of para-hydroxylation sites is 1. The minimum atomic E-state index is -0.854. The molecular weight excluding hydrogens is 375 g/mol. The molecule has 0 atom stereocenters. The van der Waals surface area contributed by atoms with E-state index in [0.717, 1.165) is 11.8 Å². The maximum atomic E-state index is 13.4.